The molecule has 0 saturated carbocycles. The van der Waals surface area contributed by atoms with Gasteiger partial charge >= 0.3 is 0 Å². The number of para-hydroxylation sites is 1. The van der Waals surface area contributed by atoms with Gasteiger partial charge in [-0.2, -0.15) is 0 Å². The molecule has 0 heterocycles. The Bertz CT molecular complexity index is 778. The van der Waals surface area contributed by atoms with E-state index in [0.717, 1.165) is 42.8 Å². The van der Waals surface area contributed by atoms with E-state index in [4.69, 9.17) is 4.74 Å². The number of benzene rings is 2. The lowest BCUT2D eigenvalue weighted by atomic mass is 9.72. The molecule has 0 spiro atoms. The maximum Gasteiger partial charge on any atom is 0.128 e. The number of rotatable bonds is 12. The summed E-state index contributed by atoms with van der Waals surface area (Å²) in [5, 5.41) is 6.84. The first-order valence-corrected chi connectivity index (χ1v) is 11.0. The number of anilines is 2. The van der Waals surface area contributed by atoms with E-state index in [9.17, 15) is 0 Å². The highest BCUT2D eigenvalue weighted by molar-refractivity contribution is 5.63. The molecule has 0 bridgehead atoms. The van der Waals surface area contributed by atoms with Crippen LogP contribution in [0.4, 0.5) is 11.4 Å². The lowest BCUT2D eigenvalue weighted by Gasteiger charge is -2.33. The molecule has 0 saturated heterocycles. The van der Waals surface area contributed by atoms with E-state index in [0.29, 0.717) is 0 Å². The molecule has 0 unspecified atom stereocenters. The molecule has 3 nitrogen and oxygen atoms in total. The summed E-state index contributed by atoms with van der Waals surface area (Å²) in [5.74, 6) is 0.914. The number of methoxy groups -OCH3 is 1. The third kappa shape index (κ3) is 5.79. The van der Waals surface area contributed by atoms with Gasteiger partial charge in [-0.05, 0) is 49.4 Å². The van der Waals surface area contributed by atoms with Crippen LogP contribution in [0.5, 0.6) is 5.75 Å². The zero-order chi connectivity index (χ0) is 21.1. The number of hydrogen-bond donors (Lipinski definition) is 2. The number of hydrogen-bond acceptors (Lipinski definition) is 3. The average Bonchev–Trinajstić information content (AvgIpc) is 2.78. The van der Waals surface area contributed by atoms with Crippen molar-refractivity contribution in [3.05, 3.63) is 59.7 Å². The van der Waals surface area contributed by atoms with Crippen molar-refractivity contribution in [2.45, 2.75) is 58.3 Å². The van der Waals surface area contributed by atoms with E-state index in [-0.39, 0.29) is 5.41 Å². The predicted molar refractivity (Wildman–Crippen MR) is 128 cm³/mol. The summed E-state index contributed by atoms with van der Waals surface area (Å²) in [6, 6.07) is 15.1. The Kier molecular flexibility index (Phi) is 9.11. The normalized spacial score (nSPS) is 11.6. The largest absolute Gasteiger partial charge is 0.496 e. The summed E-state index contributed by atoms with van der Waals surface area (Å²) in [4.78, 5) is 0. The molecule has 158 valence electrons. The van der Waals surface area contributed by atoms with Crippen LogP contribution in [-0.4, -0.2) is 20.7 Å². The zero-order valence-electron chi connectivity index (χ0n) is 18.8. The minimum absolute atomic E-state index is 0.130. The number of unbranched alkanes of at least 4 members (excludes halogenated alkanes) is 1. The predicted octanol–water partition coefficient (Wildman–Crippen LogP) is 7.11. The SMILES string of the molecule is CCCCNc1ccc(/C=C/CC(CC)(CC)c2ccccc2NC)c(OC)c1. The third-order valence-electron chi connectivity index (χ3n) is 6.02. The van der Waals surface area contributed by atoms with E-state index in [2.05, 4.69) is 86.0 Å². The Labute approximate surface area is 177 Å². The molecule has 2 aromatic carbocycles. The molecule has 0 aliphatic carbocycles. The van der Waals surface area contributed by atoms with Crippen molar-refractivity contribution in [2.75, 3.05) is 31.3 Å². The summed E-state index contributed by atoms with van der Waals surface area (Å²) in [6.45, 7) is 7.79. The molecule has 2 rings (SSSR count). The third-order valence-corrected chi connectivity index (χ3v) is 6.02. The number of allylic oxidation sites excluding steroid dienone is 1. The molecule has 0 aromatic heterocycles. The van der Waals surface area contributed by atoms with Crippen LogP contribution in [0.2, 0.25) is 0 Å². The molecule has 3 heteroatoms. The van der Waals surface area contributed by atoms with E-state index < -0.39 is 0 Å². The fraction of sp³-hybridized carbons (Fsp3) is 0.462. The number of nitrogens with one attached hydrogen (secondary N) is 2. The first-order chi connectivity index (χ1) is 14.1. The van der Waals surface area contributed by atoms with Crippen molar-refractivity contribution in [1.29, 1.82) is 0 Å². The van der Waals surface area contributed by atoms with Gasteiger partial charge in [0.15, 0.2) is 0 Å². The summed E-state index contributed by atoms with van der Waals surface area (Å²) >= 11 is 0. The molecule has 0 radical (unpaired) electrons. The second-order valence-electron chi connectivity index (χ2n) is 7.63. The van der Waals surface area contributed by atoms with Gasteiger partial charge in [0, 0.05) is 42.0 Å². The minimum atomic E-state index is 0.130. The monoisotopic (exact) mass is 394 g/mol. The Balaban J connectivity index is 2.21. The Morgan fingerprint density at radius 2 is 1.79 bits per heavy atom. The zero-order valence-corrected chi connectivity index (χ0v) is 18.8. The van der Waals surface area contributed by atoms with Crippen LogP contribution in [0, 0.1) is 0 Å². The van der Waals surface area contributed by atoms with Crippen molar-refractivity contribution in [3.8, 4) is 5.75 Å². The Morgan fingerprint density at radius 3 is 2.45 bits per heavy atom. The van der Waals surface area contributed by atoms with E-state index in [1.165, 1.54) is 24.1 Å². The maximum atomic E-state index is 5.65. The van der Waals surface area contributed by atoms with Gasteiger partial charge in [0.2, 0.25) is 0 Å². The lowest BCUT2D eigenvalue weighted by molar-refractivity contribution is 0.401. The van der Waals surface area contributed by atoms with Crippen LogP contribution < -0.4 is 15.4 Å². The van der Waals surface area contributed by atoms with Gasteiger partial charge in [-0.1, -0.05) is 57.5 Å². The summed E-state index contributed by atoms with van der Waals surface area (Å²) in [5.41, 5.74) is 5.00. The van der Waals surface area contributed by atoms with Crippen LogP contribution in [-0.2, 0) is 5.41 Å². The van der Waals surface area contributed by atoms with Crippen molar-refractivity contribution in [3.63, 3.8) is 0 Å². The van der Waals surface area contributed by atoms with Crippen molar-refractivity contribution in [1.82, 2.24) is 0 Å². The maximum absolute atomic E-state index is 5.65. The van der Waals surface area contributed by atoms with Crippen molar-refractivity contribution >= 4 is 17.5 Å². The van der Waals surface area contributed by atoms with Crippen LogP contribution in [0.3, 0.4) is 0 Å². The fourth-order valence-corrected chi connectivity index (χ4v) is 3.97. The first-order valence-electron chi connectivity index (χ1n) is 11.0. The van der Waals surface area contributed by atoms with Gasteiger partial charge in [-0.3, -0.25) is 0 Å². The smallest absolute Gasteiger partial charge is 0.128 e. The van der Waals surface area contributed by atoms with Gasteiger partial charge in [0.05, 0.1) is 7.11 Å². The highest BCUT2D eigenvalue weighted by Crippen LogP contribution is 2.40. The molecule has 2 aromatic rings. The van der Waals surface area contributed by atoms with Crippen LogP contribution in [0.1, 0.15) is 64.0 Å². The van der Waals surface area contributed by atoms with Crippen molar-refractivity contribution < 1.29 is 4.74 Å². The molecule has 29 heavy (non-hydrogen) atoms. The topological polar surface area (TPSA) is 33.3 Å². The molecule has 0 fully saturated rings. The van der Waals surface area contributed by atoms with Gasteiger partial charge in [-0.25, -0.2) is 0 Å². The average molecular weight is 395 g/mol. The molecule has 0 atom stereocenters. The van der Waals surface area contributed by atoms with Gasteiger partial charge < -0.3 is 15.4 Å². The Morgan fingerprint density at radius 1 is 1.03 bits per heavy atom. The molecular formula is C26H38N2O. The first kappa shape index (κ1) is 22.9. The van der Waals surface area contributed by atoms with Gasteiger partial charge in [-0.15, -0.1) is 0 Å². The Hall–Kier alpha value is -2.42. The summed E-state index contributed by atoms with van der Waals surface area (Å²) < 4.78 is 5.65. The van der Waals surface area contributed by atoms with Crippen LogP contribution in [0.25, 0.3) is 6.08 Å². The minimum Gasteiger partial charge on any atom is -0.496 e. The molecule has 2 N–H and O–H groups in total. The van der Waals surface area contributed by atoms with Gasteiger partial charge in [0.1, 0.15) is 5.75 Å². The van der Waals surface area contributed by atoms with Crippen LogP contribution >= 0.6 is 0 Å². The van der Waals surface area contributed by atoms with Crippen molar-refractivity contribution in [2.24, 2.45) is 0 Å². The highest BCUT2D eigenvalue weighted by atomic mass is 16.5. The van der Waals surface area contributed by atoms with E-state index in [1.807, 2.05) is 7.05 Å². The van der Waals surface area contributed by atoms with Gasteiger partial charge in [0.25, 0.3) is 0 Å². The number of ether oxygens (including phenoxy) is 1. The molecule has 0 aliphatic heterocycles. The molecule has 0 amide bonds. The molecular weight excluding hydrogens is 356 g/mol. The van der Waals surface area contributed by atoms with E-state index >= 15 is 0 Å². The molecule has 0 aliphatic rings. The second-order valence-corrected chi connectivity index (χ2v) is 7.63. The second kappa shape index (κ2) is 11.5. The highest BCUT2D eigenvalue weighted by Gasteiger charge is 2.29. The lowest BCUT2D eigenvalue weighted by Crippen LogP contribution is -2.25. The summed E-state index contributed by atoms with van der Waals surface area (Å²) in [6.07, 6.45) is 10.1. The summed E-state index contributed by atoms with van der Waals surface area (Å²) in [7, 11) is 3.75. The quantitative estimate of drug-likeness (QED) is 0.376. The van der Waals surface area contributed by atoms with Crippen LogP contribution in [0.15, 0.2) is 48.5 Å². The fourth-order valence-electron chi connectivity index (χ4n) is 3.97. The van der Waals surface area contributed by atoms with E-state index in [1.54, 1.807) is 7.11 Å². The standard InChI is InChI=1S/C26H38N2O/c1-6-9-19-28-22-17-16-21(25(20-22)29-5)13-12-18-26(7-2,8-3)23-14-10-11-15-24(23)27-4/h10-17,20,27-28H,6-9,18-19H2,1-5H3/b13-12+.